The second-order valence-corrected chi connectivity index (χ2v) is 8.12. The summed E-state index contributed by atoms with van der Waals surface area (Å²) in [4.78, 5) is 35.7. The molecule has 2 amide bonds. The van der Waals surface area contributed by atoms with E-state index in [9.17, 15) is 14.4 Å². The lowest BCUT2D eigenvalue weighted by Gasteiger charge is -2.19. The number of carbonyl (C=O) groups excluding carboxylic acids is 2. The first-order valence-corrected chi connectivity index (χ1v) is 11.6. The van der Waals surface area contributed by atoms with Gasteiger partial charge >= 0.3 is 12.1 Å². The Balaban J connectivity index is 1.53. The Morgan fingerprint density at radius 2 is 1.69 bits per heavy atom. The lowest BCUT2D eigenvalue weighted by molar-refractivity contribution is -0.138. The maximum absolute atomic E-state index is 12.6. The molecule has 0 aliphatic heterocycles. The number of hydrogen-bond donors (Lipinski definition) is 3. The van der Waals surface area contributed by atoms with Crippen LogP contribution in [0, 0.1) is 11.3 Å². The highest BCUT2D eigenvalue weighted by Gasteiger charge is 2.29. The van der Waals surface area contributed by atoms with E-state index in [1.54, 1.807) is 0 Å². The van der Waals surface area contributed by atoms with Crippen LogP contribution in [0.3, 0.4) is 0 Å². The molecule has 0 bridgehead atoms. The summed E-state index contributed by atoms with van der Waals surface area (Å²) in [7, 11) is 0. The van der Waals surface area contributed by atoms with Gasteiger partial charge in [-0.05, 0) is 35.1 Å². The Morgan fingerprint density at radius 3 is 2.31 bits per heavy atom. The molecule has 0 heterocycles. The molecule has 0 radical (unpaired) electrons. The third-order valence-corrected chi connectivity index (χ3v) is 5.74. The van der Waals surface area contributed by atoms with Crippen LogP contribution in [-0.4, -0.2) is 55.5 Å². The number of alkyl carbamates (subject to hydrolysis) is 1. The fourth-order valence-corrected chi connectivity index (χ4v) is 4.07. The first-order chi connectivity index (χ1) is 17.0. The standard InChI is InChI=1S/C26H29N3O6/c27-13-6-5-11-23(25(32)28-14-16-34-15-12-24(30)31)29-26(33)35-17-22-20-9-3-1-7-18(20)19-8-2-4-10-21(19)22/h1-4,7-10,22-23H,5-6,11-12,14-17H2,(H,28,32)(H,29,33)(H,30,31). The first kappa shape index (κ1) is 25.7. The molecule has 1 aliphatic carbocycles. The number of aliphatic carboxylic acids is 1. The Morgan fingerprint density at radius 1 is 1.03 bits per heavy atom. The molecule has 0 saturated carbocycles. The van der Waals surface area contributed by atoms with Crippen LogP contribution in [0.1, 0.15) is 42.7 Å². The van der Waals surface area contributed by atoms with E-state index in [4.69, 9.17) is 19.8 Å². The van der Waals surface area contributed by atoms with E-state index >= 15 is 0 Å². The molecule has 1 aliphatic rings. The number of nitriles is 1. The summed E-state index contributed by atoms with van der Waals surface area (Å²) in [5.74, 6) is -1.47. The molecule has 2 aromatic rings. The quantitative estimate of drug-likeness (QED) is 0.375. The number of nitrogens with one attached hydrogen (secondary N) is 2. The molecule has 1 atom stereocenters. The van der Waals surface area contributed by atoms with Gasteiger partial charge in [-0.2, -0.15) is 5.26 Å². The maximum atomic E-state index is 12.6. The Bertz CT molecular complexity index is 1040. The van der Waals surface area contributed by atoms with Gasteiger partial charge in [0.2, 0.25) is 5.91 Å². The zero-order valence-corrected chi connectivity index (χ0v) is 19.4. The molecule has 184 valence electrons. The van der Waals surface area contributed by atoms with Crippen molar-refractivity contribution in [3.8, 4) is 17.2 Å². The number of ether oxygens (including phenoxy) is 2. The van der Waals surface area contributed by atoms with E-state index in [2.05, 4.69) is 22.8 Å². The molecule has 35 heavy (non-hydrogen) atoms. The number of fused-ring (bicyclic) bond motifs is 3. The third-order valence-electron chi connectivity index (χ3n) is 5.74. The van der Waals surface area contributed by atoms with E-state index in [1.165, 1.54) is 0 Å². The number of hydrogen-bond acceptors (Lipinski definition) is 6. The van der Waals surface area contributed by atoms with Gasteiger partial charge in [0.25, 0.3) is 0 Å². The summed E-state index contributed by atoms with van der Waals surface area (Å²) in [6.07, 6.45) is 0.154. The highest BCUT2D eigenvalue weighted by atomic mass is 16.5. The number of amides is 2. The van der Waals surface area contributed by atoms with Crippen LogP contribution in [-0.2, 0) is 19.1 Å². The number of carboxylic acid groups (broad SMARTS) is 1. The summed E-state index contributed by atoms with van der Waals surface area (Å²) in [5.41, 5.74) is 4.42. The molecule has 1 unspecified atom stereocenters. The third kappa shape index (κ3) is 7.29. The second kappa shape index (κ2) is 13.1. The summed E-state index contributed by atoms with van der Waals surface area (Å²) in [6.45, 7) is 0.493. The van der Waals surface area contributed by atoms with E-state index in [0.29, 0.717) is 6.42 Å². The Labute approximate surface area is 204 Å². The van der Waals surface area contributed by atoms with Crippen LogP contribution in [0.5, 0.6) is 0 Å². The van der Waals surface area contributed by atoms with Crippen molar-refractivity contribution in [1.82, 2.24) is 10.6 Å². The van der Waals surface area contributed by atoms with Crippen LogP contribution < -0.4 is 10.6 Å². The van der Waals surface area contributed by atoms with Gasteiger partial charge in [0, 0.05) is 18.9 Å². The molecule has 0 saturated heterocycles. The summed E-state index contributed by atoms with van der Waals surface area (Å²) < 4.78 is 10.7. The molecule has 2 aromatic carbocycles. The predicted molar refractivity (Wildman–Crippen MR) is 128 cm³/mol. The highest BCUT2D eigenvalue weighted by Crippen LogP contribution is 2.44. The molecule has 0 spiro atoms. The molecular weight excluding hydrogens is 450 g/mol. The fourth-order valence-electron chi connectivity index (χ4n) is 4.07. The first-order valence-electron chi connectivity index (χ1n) is 11.6. The lowest BCUT2D eigenvalue weighted by Crippen LogP contribution is -2.47. The minimum Gasteiger partial charge on any atom is -0.481 e. The smallest absolute Gasteiger partial charge is 0.407 e. The Kier molecular flexibility index (Phi) is 9.63. The Hall–Kier alpha value is -3.90. The molecule has 9 heteroatoms. The largest absolute Gasteiger partial charge is 0.481 e. The molecular formula is C26H29N3O6. The summed E-state index contributed by atoms with van der Waals surface area (Å²) >= 11 is 0. The van der Waals surface area contributed by atoms with Crippen LogP contribution in [0.2, 0.25) is 0 Å². The lowest BCUT2D eigenvalue weighted by atomic mass is 9.98. The normalized spacial score (nSPS) is 12.7. The molecule has 0 fully saturated rings. The average molecular weight is 480 g/mol. The SMILES string of the molecule is N#CCCCC(NC(=O)OCC1c2ccccc2-c2ccccc21)C(=O)NCCOCCC(=O)O. The van der Waals surface area contributed by atoms with Crippen LogP contribution >= 0.6 is 0 Å². The molecule has 3 rings (SSSR count). The van der Waals surface area contributed by atoms with Gasteiger partial charge in [-0.25, -0.2) is 4.79 Å². The second-order valence-electron chi connectivity index (χ2n) is 8.12. The van der Waals surface area contributed by atoms with E-state index in [1.807, 2.05) is 42.5 Å². The number of benzene rings is 2. The zero-order chi connectivity index (χ0) is 25.0. The summed E-state index contributed by atoms with van der Waals surface area (Å²) in [6, 6.07) is 17.2. The van der Waals surface area contributed by atoms with Crippen molar-refractivity contribution >= 4 is 18.0 Å². The molecule has 9 nitrogen and oxygen atoms in total. The van der Waals surface area contributed by atoms with Crippen LogP contribution in [0.4, 0.5) is 4.79 Å². The maximum Gasteiger partial charge on any atom is 0.407 e. The highest BCUT2D eigenvalue weighted by molar-refractivity contribution is 5.85. The van der Waals surface area contributed by atoms with E-state index in [0.717, 1.165) is 22.3 Å². The van der Waals surface area contributed by atoms with Gasteiger partial charge in [0.15, 0.2) is 0 Å². The van der Waals surface area contributed by atoms with Crippen LogP contribution in [0.25, 0.3) is 11.1 Å². The average Bonchev–Trinajstić information content (AvgIpc) is 3.17. The van der Waals surface area contributed by atoms with Gasteiger partial charge in [0.05, 0.1) is 25.7 Å². The number of carbonyl (C=O) groups is 3. The van der Waals surface area contributed by atoms with Gasteiger partial charge in [0.1, 0.15) is 12.6 Å². The predicted octanol–water partition coefficient (Wildman–Crippen LogP) is 3.20. The van der Waals surface area contributed by atoms with Crippen molar-refractivity contribution in [2.24, 2.45) is 0 Å². The number of rotatable bonds is 13. The van der Waals surface area contributed by atoms with Gasteiger partial charge < -0.3 is 25.2 Å². The molecule has 3 N–H and O–H groups in total. The van der Waals surface area contributed by atoms with Gasteiger partial charge in [-0.3, -0.25) is 9.59 Å². The van der Waals surface area contributed by atoms with Crippen molar-refractivity contribution < 1.29 is 29.0 Å². The number of nitrogens with zero attached hydrogens (tertiary/aromatic N) is 1. The van der Waals surface area contributed by atoms with Crippen molar-refractivity contribution in [2.75, 3.05) is 26.4 Å². The van der Waals surface area contributed by atoms with Crippen molar-refractivity contribution in [2.45, 2.75) is 37.6 Å². The number of unbranched alkanes of at least 4 members (excludes halogenated alkanes) is 1. The zero-order valence-electron chi connectivity index (χ0n) is 19.4. The van der Waals surface area contributed by atoms with Crippen molar-refractivity contribution in [3.63, 3.8) is 0 Å². The van der Waals surface area contributed by atoms with E-state index in [-0.39, 0.29) is 51.5 Å². The van der Waals surface area contributed by atoms with Gasteiger partial charge in [-0.1, -0.05) is 48.5 Å². The topological polar surface area (TPSA) is 138 Å². The minimum absolute atomic E-state index is 0.0504. The molecule has 0 aromatic heterocycles. The van der Waals surface area contributed by atoms with Gasteiger partial charge in [-0.15, -0.1) is 0 Å². The number of carboxylic acids is 1. The monoisotopic (exact) mass is 479 g/mol. The fraction of sp³-hybridized carbons (Fsp3) is 0.385. The minimum atomic E-state index is -0.959. The van der Waals surface area contributed by atoms with Crippen LogP contribution in [0.15, 0.2) is 48.5 Å². The van der Waals surface area contributed by atoms with Crippen molar-refractivity contribution in [3.05, 3.63) is 59.7 Å². The van der Waals surface area contributed by atoms with E-state index < -0.39 is 24.0 Å². The van der Waals surface area contributed by atoms with Crippen molar-refractivity contribution in [1.29, 1.82) is 5.26 Å². The summed E-state index contributed by atoms with van der Waals surface area (Å²) in [5, 5.41) is 22.7.